The van der Waals surface area contributed by atoms with E-state index < -0.39 is 0 Å². The van der Waals surface area contributed by atoms with Gasteiger partial charge < -0.3 is 9.64 Å². The second-order valence-electron chi connectivity index (χ2n) is 5.07. The fourth-order valence-corrected chi connectivity index (χ4v) is 3.17. The van der Waals surface area contributed by atoms with Crippen molar-refractivity contribution in [3.63, 3.8) is 0 Å². The Morgan fingerprint density at radius 1 is 1.24 bits per heavy atom. The SMILES string of the molecule is Clc1cc(N2CC3(CCOCC3)C2)ccc1Br. The summed E-state index contributed by atoms with van der Waals surface area (Å²) in [5.41, 5.74) is 1.74. The number of ether oxygens (including phenoxy) is 1. The zero-order valence-electron chi connectivity index (χ0n) is 9.59. The topological polar surface area (TPSA) is 12.5 Å². The molecule has 2 heterocycles. The lowest BCUT2D eigenvalue weighted by Crippen LogP contribution is -2.58. The normalized spacial score (nSPS) is 22.6. The van der Waals surface area contributed by atoms with Gasteiger partial charge in [-0.3, -0.25) is 0 Å². The van der Waals surface area contributed by atoms with E-state index in [2.05, 4.69) is 26.9 Å². The van der Waals surface area contributed by atoms with Gasteiger partial charge >= 0.3 is 0 Å². The minimum absolute atomic E-state index is 0.512. The van der Waals surface area contributed by atoms with E-state index in [1.807, 2.05) is 12.1 Å². The maximum absolute atomic E-state index is 6.12. The van der Waals surface area contributed by atoms with E-state index in [-0.39, 0.29) is 0 Å². The summed E-state index contributed by atoms with van der Waals surface area (Å²) >= 11 is 9.54. The predicted molar refractivity (Wildman–Crippen MR) is 73.9 cm³/mol. The molecule has 0 atom stereocenters. The molecule has 0 amide bonds. The Labute approximate surface area is 115 Å². The Morgan fingerprint density at radius 3 is 2.59 bits per heavy atom. The average Bonchev–Trinajstić information content (AvgIpc) is 2.31. The number of anilines is 1. The molecule has 2 saturated heterocycles. The standard InChI is InChI=1S/C13H15BrClNO/c14-11-2-1-10(7-12(11)15)16-8-13(9-16)3-5-17-6-4-13/h1-2,7H,3-6,8-9H2. The molecule has 0 saturated carbocycles. The minimum Gasteiger partial charge on any atom is -0.381 e. The van der Waals surface area contributed by atoms with Crippen molar-refractivity contribution in [3.05, 3.63) is 27.7 Å². The van der Waals surface area contributed by atoms with E-state index >= 15 is 0 Å². The summed E-state index contributed by atoms with van der Waals surface area (Å²) in [6.07, 6.45) is 2.40. The Bertz CT molecular complexity index is 423. The number of nitrogens with zero attached hydrogens (tertiary/aromatic N) is 1. The Kier molecular flexibility index (Phi) is 3.09. The lowest BCUT2D eigenvalue weighted by molar-refractivity contribution is -0.000191. The monoisotopic (exact) mass is 315 g/mol. The van der Waals surface area contributed by atoms with Crippen molar-refractivity contribution in [2.45, 2.75) is 12.8 Å². The van der Waals surface area contributed by atoms with Crippen LogP contribution in [0.1, 0.15) is 12.8 Å². The number of hydrogen-bond acceptors (Lipinski definition) is 2. The molecule has 3 rings (SSSR count). The highest BCUT2D eigenvalue weighted by Gasteiger charge is 2.43. The maximum atomic E-state index is 6.12. The fraction of sp³-hybridized carbons (Fsp3) is 0.538. The molecule has 17 heavy (non-hydrogen) atoms. The molecule has 1 aromatic carbocycles. The summed E-state index contributed by atoms with van der Waals surface area (Å²) in [7, 11) is 0. The molecule has 2 fully saturated rings. The molecular formula is C13H15BrClNO. The van der Waals surface area contributed by atoms with Crippen LogP contribution in [0.4, 0.5) is 5.69 Å². The lowest BCUT2D eigenvalue weighted by Gasteiger charge is -2.53. The van der Waals surface area contributed by atoms with Gasteiger partial charge in [-0.25, -0.2) is 0 Å². The first-order valence-electron chi connectivity index (χ1n) is 5.96. The van der Waals surface area contributed by atoms with Gasteiger partial charge in [0.05, 0.1) is 5.02 Å². The van der Waals surface area contributed by atoms with Crippen LogP contribution in [0.25, 0.3) is 0 Å². The Morgan fingerprint density at radius 2 is 1.94 bits per heavy atom. The van der Waals surface area contributed by atoms with Crippen molar-refractivity contribution in [3.8, 4) is 0 Å². The molecule has 0 unspecified atom stereocenters. The van der Waals surface area contributed by atoms with E-state index in [1.54, 1.807) is 0 Å². The summed E-state index contributed by atoms with van der Waals surface area (Å²) in [5.74, 6) is 0. The summed E-state index contributed by atoms with van der Waals surface area (Å²) < 4.78 is 6.39. The van der Waals surface area contributed by atoms with Crippen LogP contribution in [-0.2, 0) is 4.74 Å². The van der Waals surface area contributed by atoms with Gasteiger partial charge in [-0.2, -0.15) is 0 Å². The van der Waals surface area contributed by atoms with Crippen LogP contribution in [0.15, 0.2) is 22.7 Å². The van der Waals surface area contributed by atoms with Crippen LogP contribution in [0.3, 0.4) is 0 Å². The fourth-order valence-electron chi connectivity index (χ4n) is 2.75. The van der Waals surface area contributed by atoms with Crippen molar-refractivity contribution in [1.29, 1.82) is 0 Å². The van der Waals surface area contributed by atoms with Gasteiger partial charge in [0, 0.05) is 41.9 Å². The maximum Gasteiger partial charge on any atom is 0.0568 e. The van der Waals surface area contributed by atoms with Crippen LogP contribution in [0.5, 0.6) is 0 Å². The van der Waals surface area contributed by atoms with Crippen LogP contribution < -0.4 is 4.90 Å². The largest absolute Gasteiger partial charge is 0.381 e. The van der Waals surface area contributed by atoms with Crippen molar-refractivity contribution in [1.82, 2.24) is 0 Å². The van der Waals surface area contributed by atoms with Crippen LogP contribution >= 0.6 is 27.5 Å². The highest BCUT2D eigenvalue weighted by atomic mass is 79.9. The zero-order chi connectivity index (χ0) is 11.9. The molecule has 0 aliphatic carbocycles. The van der Waals surface area contributed by atoms with E-state index in [0.29, 0.717) is 5.41 Å². The van der Waals surface area contributed by atoms with Crippen molar-refractivity contribution < 1.29 is 4.74 Å². The predicted octanol–water partition coefficient (Wildman–Crippen LogP) is 3.72. The molecule has 0 aromatic heterocycles. The smallest absolute Gasteiger partial charge is 0.0568 e. The number of hydrogen-bond donors (Lipinski definition) is 0. The Hall–Kier alpha value is -0.250. The number of rotatable bonds is 1. The van der Waals surface area contributed by atoms with E-state index in [0.717, 1.165) is 35.8 Å². The van der Waals surface area contributed by atoms with E-state index in [1.165, 1.54) is 18.5 Å². The van der Waals surface area contributed by atoms with Gasteiger partial charge in [-0.05, 0) is 47.0 Å². The van der Waals surface area contributed by atoms with Gasteiger partial charge in [0.2, 0.25) is 0 Å². The summed E-state index contributed by atoms with van der Waals surface area (Å²) in [6, 6.07) is 6.19. The molecule has 0 N–H and O–H groups in total. The molecule has 1 aromatic rings. The van der Waals surface area contributed by atoms with Crippen molar-refractivity contribution in [2.24, 2.45) is 5.41 Å². The third-order valence-electron chi connectivity index (χ3n) is 3.87. The third-order valence-corrected chi connectivity index (χ3v) is 5.11. The number of halogens is 2. The second-order valence-corrected chi connectivity index (χ2v) is 6.33. The quantitative estimate of drug-likeness (QED) is 0.783. The van der Waals surface area contributed by atoms with Gasteiger partial charge in [0.15, 0.2) is 0 Å². The third kappa shape index (κ3) is 2.20. The summed E-state index contributed by atoms with van der Waals surface area (Å²) in [4.78, 5) is 2.41. The molecule has 0 bridgehead atoms. The van der Waals surface area contributed by atoms with E-state index in [4.69, 9.17) is 16.3 Å². The molecule has 1 spiro atoms. The molecule has 92 valence electrons. The zero-order valence-corrected chi connectivity index (χ0v) is 11.9. The van der Waals surface area contributed by atoms with E-state index in [9.17, 15) is 0 Å². The molecule has 0 radical (unpaired) electrons. The second kappa shape index (κ2) is 4.45. The van der Waals surface area contributed by atoms with Crippen LogP contribution in [0.2, 0.25) is 5.02 Å². The first kappa shape index (κ1) is 11.8. The Balaban J connectivity index is 1.70. The highest BCUT2D eigenvalue weighted by Crippen LogP contribution is 2.42. The first-order valence-corrected chi connectivity index (χ1v) is 7.13. The molecular weight excluding hydrogens is 302 g/mol. The number of benzene rings is 1. The van der Waals surface area contributed by atoms with Crippen molar-refractivity contribution >= 4 is 33.2 Å². The van der Waals surface area contributed by atoms with Crippen LogP contribution in [0, 0.1) is 5.41 Å². The van der Waals surface area contributed by atoms with Crippen molar-refractivity contribution in [2.75, 3.05) is 31.2 Å². The van der Waals surface area contributed by atoms with Crippen LogP contribution in [-0.4, -0.2) is 26.3 Å². The summed E-state index contributed by atoms with van der Waals surface area (Å²) in [5, 5.41) is 0.787. The highest BCUT2D eigenvalue weighted by molar-refractivity contribution is 9.10. The summed E-state index contributed by atoms with van der Waals surface area (Å²) in [6.45, 7) is 4.15. The molecule has 2 aliphatic rings. The minimum atomic E-state index is 0.512. The first-order chi connectivity index (χ1) is 8.19. The molecule has 4 heteroatoms. The average molecular weight is 317 g/mol. The van der Waals surface area contributed by atoms with Gasteiger partial charge in [0.25, 0.3) is 0 Å². The molecule has 2 aliphatic heterocycles. The molecule has 2 nitrogen and oxygen atoms in total. The lowest BCUT2D eigenvalue weighted by atomic mass is 9.73. The van der Waals surface area contributed by atoms with Gasteiger partial charge in [-0.15, -0.1) is 0 Å². The van der Waals surface area contributed by atoms with Gasteiger partial charge in [-0.1, -0.05) is 11.6 Å². The van der Waals surface area contributed by atoms with Gasteiger partial charge in [0.1, 0.15) is 0 Å².